The molecule has 0 amide bonds. The van der Waals surface area contributed by atoms with E-state index in [0.29, 0.717) is 23.7 Å². The molecule has 0 heterocycles. The van der Waals surface area contributed by atoms with Crippen LogP contribution >= 0.6 is 0 Å². The predicted octanol–water partition coefficient (Wildman–Crippen LogP) is 1.64. The highest BCUT2D eigenvalue weighted by Crippen LogP contribution is 2.46. The lowest BCUT2D eigenvalue weighted by Crippen LogP contribution is -2.17. The van der Waals surface area contributed by atoms with Gasteiger partial charge in [0.15, 0.2) is 0 Å². The van der Waals surface area contributed by atoms with E-state index in [1.165, 1.54) is 6.42 Å². The summed E-state index contributed by atoms with van der Waals surface area (Å²) in [5.74, 6) is 2.22. The van der Waals surface area contributed by atoms with E-state index in [0.717, 1.165) is 6.29 Å². The summed E-state index contributed by atoms with van der Waals surface area (Å²) in [7, 11) is 0. The van der Waals surface area contributed by atoms with Crippen LogP contribution in [0.5, 0.6) is 0 Å². The molecule has 1 nitrogen and oxygen atoms in total. The monoisotopic (exact) mass is 136 g/mol. The fraction of sp³-hybridized carbons (Fsp3) is 0.667. The van der Waals surface area contributed by atoms with Gasteiger partial charge in [-0.25, -0.2) is 0 Å². The van der Waals surface area contributed by atoms with Gasteiger partial charge in [0.2, 0.25) is 0 Å². The molecule has 54 valence electrons. The first kappa shape index (κ1) is 6.14. The molecule has 0 spiro atoms. The van der Waals surface area contributed by atoms with Crippen molar-refractivity contribution in [3.63, 3.8) is 0 Å². The quantitative estimate of drug-likeness (QED) is 0.395. The summed E-state index contributed by atoms with van der Waals surface area (Å²) in [4.78, 5) is 10.6. The van der Waals surface area contributed by atoms with Crippen molar-refractivity contribution in [2.24, 2.45) is 23.7 Å². The molecule has 10 heavy (non-hydrogen) atoms. The second-order valence-electron chi connectivity index (χ2n) is 3.52. The molecule has 0 aromatic rings. The van der Waals surface area contributed by atoms with Crippen molar-refractivity contribution in [1.82, 2.24) is 0 Å². The van der Waals surface area contributed by atoms with Crippen LogP contribution in [0.15, 0.2) is 12.2 Å². The van der Waals surface area contributed by atoms with Crippen LogP contribution in [0, 0.1) is 23.7 Å². The minimum atomic E-state index is 0.329. The number of allylic oxidation sites excluding steroid dienone is 2. The molecule has 0 aromatic carbocycles. The van der Waals surface area contributed by atoms with Gasteiger partial charge >= 0.3 is 0 Å². The van der Waals surface area contributed by atoms with Gasteiger partial charge in [0.05, 0.1) is 0 Å². The van der Waals surface area contributed by atoms with Crippen molar-refractivity contribution in [1.29, 1.82) is 0 Å². The van der Waals surface area contributed by atoms with Gasteiger partial charge in [0.25, 0.3) is 0 Å². The minimum Gasteiger partial charge on any atom is -0.303 e. The van der Waals surface area contributed by atoms with E-state index in [2.05, 4.69) is 19.1 Å². The van der Waals surface area contributed by atoms with Crippen molar-refractivity contribution >= 4 is 6.29 Å². The second kappa shape index (κ2) is 1.94. The maximum absolute atomic E-state index is 10.6. The third-order valence-corrected chi connectivity index (χ3v) is 3.08. The van der Waals surface area contributed by atoms with Gasteiger partial charge in [-0.05, 0) is 24.2 Å². The van der Waals surface area contributed by atoms with E-state index < -0.39 is 0 Å². The fourth-order valence-corrected chi connectivity index (χ4v) is 2.33. The normalized spacial score (nSPS) is 50.1. The lowest BCUT2D eigenvalue weighted by molar-refractivity contribution is -0.112. The van der Waals surface area contributed by atoms with Crippen LogP contribution in [0.2, 0.25) is 0 Å². The maximum atomic E-state index is 10.6. The summed E-state index contributed by atoms with van der Waals surface area (Å²) in [5.41, 5.74) is 0. The van der Waals surface area contributed by atoms with Crippen molar-refractivity contribution < 1.29 is 4.79 Å². The first-order valence-corrected chi connectivity index (χ1v) is 3.96. The van der Waals surface area contributed by atoms with E-state index in [1.807, 2.05) is 0 Å². The first-order chi connectivity index (χ1) is 4.83. The Morgan fingerprint density at radius 2 is 2.10 bits per heavy atom. The number of aldehydes is 1. The number of carbonyl (C=O) groups excluding carboxylic acids is 1. The Kier molecular flexibility index (Phi) is 1.19. The molecule has 4 atom stereocenters. The third kappa shape index (κ3) is 0.606. The molecule has 0 radical (unpaired) electrons. The zero-order chi connectivity index (χ0) is 7.14. The Morgan fingerprint density at radius 3 is 2.50 bits per heavy atom. The Morgan fingerprint density at radius 1 is 1.40 bits per heavy atom. The molecular weight excluding hydrogens is 124 g/mol. The number of hydrogen-bond donors (Lipinski definition) is 0. The number of fused-ring (bicyclic) bond motifs is 2. The van der Waals surface area contributed by atoms with Gasteiger partial charge in [0, 0.05) is 5.92 Å². The molecule has 2 aliphatic rings. The number of rotatable bonds is 1. The van der Waals surface area contributed by atoms with Crippen molar-refractivity contribution in [2.45, 2.75) is 13.3 Å². The minimum absolute atomic E-state index is 0.329. The Bertz CT molecular complexity index is 183. The van der Waals surface area contributed by atoms with Crippen LogP contribution in [-0.4, -0.2) is 6.29 Å². The molecule has 0 saturated heterocycles. The SMILES string of the molecule is C[C@H]1C(C=O)[C@@H]2C=C[C@H]1C2. The lowest BCUT2D eigenvalue weighted by atomic mass is 9.86. The molecule has 1 saturated carbocycles. The number of carbonyl (C=O) groups is 1. The van der Waals surface area contributed by atoms with Gasteiger partial charge in [0.1, 0.15) is 6.29 Å². The fourth-order valence-electron chi connectivity index (χ4n) is 2.33. The molecular formula is C9H12O. The van der Waals surface area contributed by atoms with Crippen LogP contribution in [-0.2, 0) is 4.79 Å². The van der Waals surface area contributed by atoms with E-state index >= 15 is 0 Å². The summed E-state index contributed by atoms with van der Waals surface area (Å²) in [6.45, 7) is 2.19. The van der Waals surface area contributed by atoms with Gasteiger partial charge < -0.3 is 4.79 Å². The Hall–Kier alpha value is -0.590. The summed E-state index contributed by atoms with van der Waals surface area (Å²) >= 11 is 0. The summed E-state index contributed by atoms with van der Waals surface area (Å²) in [6.07, 6.45) is 6.85. The van der Waals surface area contributed by atoms with Gasteiger partial charge in [-0.1, -0.05) is 19.1 Å². The highest BCUT2D eigenvalue weighted by molar-refractivity contribution is 5.57. The molecule has 2 aliphatic carbocycles. The molecule has 0 aliphatic heterocycles. The van der Waals surface area contributed by atoms with Gasteiger partial charge in [-0.15, -0.1) is 0 Å². The Labute approximate surface area is 61.1 Å². The molecule has 0 aromatic heterocycles. The van der Waals surface area contributed by atoms with Crippen LogP contribution in [0.4, 0.5) is 0 Å². The average molecular weight is 136 g/mol. The van der Waals surface area contributed by atoms with E-state index in [4.69, 9.17) is 0 Å². The largest absolute Gasteiger partial charge is 0.303 e. The van der Waals surface area contributed by atoms with Crippen LogP contribution in [0.25, 0.3) is 0 Å². The average Bonchev–Trinajstić information content (AvgIpc) is 2.46. The van der Waals surface area contributed by atoms with Gasteiger partial charge in [-0.2, -0.15) is 0 Å². The molecule has 1 heteroatoms. The van der Waals surface area contributed by atoms with E-state index in [1.54, 1.807) is 0 Å². The van der Waals surface area contributed by atoms with E-state index in [-0.39, 0.29) is 0 Å². The van der Waals surface area contributed by atoms with Crippen molar-refractivity contribution in [3.8, 4) is 0 Å². The zero-order valence-electron chi connectivity index (χ0n) is 6.16. The molecule has 2 rings (SSSR count). The predicted molar refractivity (Wildman–Crippen MR) is 39.5 cm³/mol. The number of hydrogen-bond acceptors (Lipinski definition) is 1. The standard InChI is InChI=1S/C9H12O/c1-6-7-2-3-8(4-7)9(6)5-10/h2-3,5-9H,4H2,1H3/t6-,7+,8-,9?/m1/s1. The van der Waals surface area contributed by atoms with Crippen LogP contribution in [0.1, 0.15) is 13.3 Å². The summed E-state index contributed by atoms with van der Waals surface area (Å²) in [6, 6.07) is 0. The highest BCUT2D eigenvalue weighted by Gasteiger charge is 2.41. The Balaban J connectivity index is 2.25. The van der Waals surface area contributed by atoms with E-state index in [9.17, 15) is 4.79 Å². The lowest BCUT2D eigenvalue weighted by Gasteiger charge is -2.18. The molecule has 1 unspecified atom stereocenters. The summed E-state index contributed by atoms with van der Waals surface area (Å²) < 4.78 is 0. The maximum Gasteiger partial charge on any atom is 0.123 e. The molecule has 2 bridgehead atoms. The first-order valence-electron chi connectivity index (χ1n) is 3.96. The summed E-state index contributed by atoms with van der Waals surface area (Å²) in [5, 5.41) is 0. The van der Waals surface area contributed by atoms with Crippen molar-refractivity contribution in [3.05, 3.63) is 12.2 Å². The van der Waals surface area contributed by atoms with Gasteiger partial charge in [-0.3, -0.25) is 0 Å². The molecule has 0 N–H and O–H groups in total. The van der Waals surface area contributed by atoms with Crippen LogP contribution < -0.4 is 0 Å². The van der Waals surface area contributed by atoms with Crippen LogP contribution in [0.3, 0.4) is 0 Å². The second-order valence-corrected chi connectivity index (χ2v) is 3.52. The third-order valence-electron chi connectivity index (χ3n) is 3.08. The van der Waals surface area contributed by atoms with Crippen molar-refractivity contribution in [2.75, 3.05) is 0 Å². The zero-order valence-corrected chi connectivity index (χ0v) is 6.16. The highest BCUT2D eigenvalue weighted by atomic mass is 16.1. The smallest absolute Gasteiger partial charge is 0.123 e. The topological polar surface area (TPSA) is 17.1 Å². The molecule has 1 fully saturated rings.